The maximum Gasteiger partial charge on any atom is 0.243 e. The van der Waals surface area contributed by atoms with E-state index in [1.165, 1.54) is 0 Å². The SMILES string of the molecule is CCC1(CC)C(NC(=NCC(=O)N(C)C)NCCOC)CC1OC.I. The number of halogens is 1. The Kier molecular flexibility index (Phi) is 11.6. The Balaban J connectivity index is 0.00000576. The molecule has 2 N–H and O–H groups in total. The number of methoxy groups -OCH3 is 2. The summed E-state index contributed by atoms with van der Waals surface area (Å²) < 4.78 is 10.7. The first-order valence-corrected chi connectivity index (χ1v) is 8.71. The molecule has 1 aliphatic rings. The first kappa shape index (κ1) is 24.4. The van der Waals surface area contributed by atoms with E-state index in [1.54, 1.807) is 33.2 Å². The van der Waals surface area contributed by atoms with Gasteiger partial charge in [0, 0.05) is 46.3 Å². The Morgan fingerprint density at radius 1 is 1.28 bits per heavy atom. The van der Waals surface area contributed by atoms with Crippen molar-refractivity contribution in [2.75, 3.05) is 48.0 Å². The second-order valence-electron chi connectivity index (χ2n) is 6.47. The van der Waals surface area contributed by atoms with Crippen LogP contribution in [0.15, 0.2) is 4.99 Å². The quantitative estimate of drug-likeness (QED) is 0.231. The normalized spacial score (nSPS) is 21.8. The zero-order chi connectivity index (χ0) is 18.2. The summed E-state index contributed by atoms with van der Waals surface area (Å²) in [5.74, 6) is 0.636. The number of carbonyl (C=O) groups is 1. The number of guanidine groups is 1. The Bertz CT molecular complexity index is 428. The lowest BCUT2D eigenvalue weighted by Crippen LogP contribution is -2.65. The summed E-state index contributed by atoms with van der Waals surface area (Å²) in [6.07, 6.45) is 3.31. The van der Waals surface area contributed by atoms with E-state index in [0.29, 0.717) is 25.2 Å². The molecule has 0 aromatic heterocycles. The van der Waals surface area contributed by atoms with Crippen LogP contribution >= 0.6 is 24.0 Å². The maximum absolute atomic E-state index is 11.8. The number of aliphatic imine (C=N–C) groups is 1. The number of amides is 1. The van der Waals surface area contributed by atoms with Crippen molar-refractivity contribution in [1.82, 2.24) is 15.5 Å². The molecule has 1 rings (SSSR count). The fourth-order valence-corrected chi connectivity index (χ4v) is 3.36. The molecule has 0 radical (unpaired) electrons. The Hall–Kier alpha value is -0.610. The van der Waals surface area contributed by atoms with Gasteiger partial charge in [0.25, 0.3) is 0 Å². The van der Waals surface area contributed by atoms with E-state index in [4.69, 9.17) is 9.47 Å². The first-order valence-electron chi connectivity index (χ1n) is 8.71. The van der Waals surface area contributed by atoms with Gasteiger partial charge in [-0.3, -0.25) is 4.79 Å². The summed E-state index contributed by atoms with van der Waals surface area (Å²) in [6, 6.07) is 0.292. The number of ether oxygens (including phenoxy) is 2. The van der Waals surface area contributed by atoms with E-state index in [9.17, 15) is 4.79 Å². The van der Waals surface area contributed by atoms with Crippen LogP contribution < -0.4 is 10.6 Å². The molecule has 0 aliphatic heterocycles. The third-order valence-electron chi connectivity index (χ3n) is 5.17. The molecule has 1 fully saturated rings. The van der Waals surface area contributed by atoms with Gasteiger partial charge in [-0.1, -0.05) is 13.8 Å². The second-order valence-corrected chi connectivity index (χ2v) is 6.47. The van der Waals surface area contributed by atoms with Gasteiger partial charge in [-0.2, -0.15) is 0 Å². The molecule has 0 bridgehead atoms. The summed E-state index contributed by atoms with van der Waals surface area (Å²) in [5, 5.41) is 6.73. The van der Waals surface area contributed by atoms with Crippen LogP contribution in [0.2, 0.25) is 0 Å². The number of nitrogens with one attached hydrogen (secondary N) is 2. The molecule has 0 aromatic rings. The molecule has 0 heterocycles. The number of nitrogens with zero attached hydrogens (tertiary/aromatic N) is 2. The van der Waals surface area contributed by atoms with Crippen LogP contribution in [0, 0.1) is 5.41 Å². The smallest absolute Gasteiger partial charge is 0.243 e. The average Bonchev–Trinajstić information content (AvgIpc) is 2.56. The van der Waals surface area contributed by atoms with Gasteiger partial charge < -0.3 is 25.0 Å². The lowest BCUT2D eigenvalue weighted by atomic mass is 9.58. The van der Waals surface area contributed by atoms with Crippen molar-refractivity contribution in [1.29, 1.82) is 0 Å². The van der Waals surface area contributed by atoms with Crippen molar-refractivity contribution in [3.63, 3.8) is 0 Å². The Morgan fingerprint density at radius 3 is 2.40 bits per heavy atom. The van der Waals surface area contributed by atoms with Crippen molar-refractivity contribution < 1.29 is 14.3 Å². The van der Waals surface area contributed by atoms with Crippen molar-refractivity contribution >= 4 is 35.8 Å². The summed E-state index contributed by atoms with van der Waals surface area (Å²) in [4.78, 5) is 17.8. The minimum absolute atomic E-state index is 0. The molecule has 2 unspecified atom stereocenters. The van der Waals surface area contributed by atoms with Crippen molar-refractivity contribution in [3.8, 4) is 0 Å². The molecule has 1 amide bonds. The largest absolute Gasteiger partial charge is 0.383 e. The van der Waals surface area contributed by atoms with Crippen LogP contribution in [0.1, 0.15) is 33.1 Å². The predicted octanol–water partition coefficient (Wildman–Crippen LogP) is 1.47. The van der Waals surface area contributed by atoms with Crippen LogP contribution in [0.3, 0.4) is 0 Å². The summed E-state index contributed by atoms with van der Waals surface area (Å²) in [5.41, 5.74) is 0.115. The average molecular weight is 470 g/mol. The number of hydrogen-bond acceptors (Lipinski definition) is 4. The van der Waals surface area contributed by atoms with Gasteiger partial charge in [0.1, 0.15) is 6.54 Å². The lowest BCUT2D eigenvalue weighted by molar-refractivity contribution is -0.127. The van der Waals surface area contributed by atoms with E-state index in [-0.39, 0.29) is 47.9 Å². The molecule has 1 saturated carbocycles. The first-order chi connectivity index (χ1) is 11.4. The third-order valence-corrected chi connectivity index (χ3v) is 5.17. The highest BCUT2D eigenvalue weighted by Crippen LogP contribution is 2.48. The van der Waals surface area contributed by atoms with E-state index in [0.717, 1.165) is 19.3 Å². The van der Waals surface area contributed by atoms with E-state index < -0.39 is 0 Å². The summed E-state index contributed by atoms with van der Waals surface area (Å²) in [6.45, 7) is 5.76. The highest BCUT2D eigenvalue weighted by atomic mass is 127. The van der Waals surface area contributed by atoms with Crippen molar-refractivity contribution in [3.05, 3.63) is 0 Å². The van der Waals surface area contributed by atoms with Crippen molar-refractivity contribution in [2.45, 2.75) is 45.3 Å². The molecule has 0 spiro atoms. The van der Waals surface area contributed by atoms with Crippen LogP contribution in [0.5, 0.6) is 0 Å². The molecule has 7 nitrogen and oxygen atoms in total. The Labute approximate surface area is 169 Å². The molecule has 8 heteroatoms. The minimum Gasteiger partial charge on any atom is -0.383 e. The molecular formula is C17H35IN4O3. The van der Waals surface area contributed by atoms with Crippen LogP contribution in [0.4, 0.5) is 0 Å². The van der Waals surface area contributed by atoms with Crippen LogP contribution in [0.25, 0.3) is 0 Å². The number of hydrogen-bond donors (Lipinski definition) is 2. The number of likely N-dealkylation sites (N-methyl/N-ethyl adjacent to an activating group) is 1. The molecule has 0 saturated heterocycles. The van der Waals surface area contributed by atoms with E-state index in [1.807, 2.05) is 0 Å². The lowest BCUT2D eigenvalue weighted by Gasteiger charge is -2.55. The van der Waals surface area contributed by atoms with Crippen LogP contribution in [-0.4, -0.2) is 76.9 Å². The van der Waals surface area contributed by atoms with Crippen LogP contribution in [-0.2, 0) is 14.3 Å². The van der Waals surface area contributed by atoms with Gasteiger partial charge in [-0.25, -0.2) is 4.99 Å². The van der Waals surface area contributed by atoms with E-state index in [2.05, 4.69) is 29.5 Å². The van der Waals surface area contributed by atoms with E-state index >= 15 is 0 Å². The molecule has 2 atom stereocenters. The fourth-order valence-electron chi connectivity index (χ4n) is 3.36. The van der Waals surface area contributed by atoms with Crippen molar-refractivity contribution in [2.24, 2.45) is 10.4 Å². The monoisotopic (exact) mass is 470 g/mol. The number of carbonyl (C=O) groups excluding carboxylic acids is 1. The van der Waals surface area contributed by atoms with Gasteiger partial charge in [-0.05, 0) is 19.3 Å². The minimum atomic E-state index is -0.0246. The Morgan fingerprint density at radius 2 is 1.92 bits per heavy atom. The topological polar surface area (TPSA) is 75.2 Å². The molecule has 0 aromatic carbocycles. The van der Waals surface area contributed by atoms with Gasteiger partial charge in [0.05, 0.1) is 12.7 Å². The maximum atomic E-state index is 11.8. The highest BCUT2D eigenvalue weighted by molar-refractivity contribution is 14.0. The van der Waals surface area contributed by atoms with Gasteiger partial charge in [0.15, 0.2) is 5.96 Å². The fraction of sp³-hybridized carbons (Fsp3) is 0.882. The third kappa shape index (κ3) is 6.25. The summed E-state index contributed by atoms with van der Waals surface area (Å²) in [7, 11) is 6.91. The van der Waals surface area contributed by atoms with Gasteiger partial charge >= 0.3 is 0 Å². The number of rotatable bonds is 9. The molecule has 148 valence electrons. The van der Waals surface area contributed by atoms with Gasteiger partial charge in [-0.15, -0.1) is 24.0 Å². The molecule has 1 aliphatic carbocycles. The highest BCUT2D eigenvalue weighted by Gasteiger charge is 2.53. The molecule has 25 heavy (non-hydrogen) atoms. The zero-order valence-electron chi connectivity index (χ0n) is 16.4. The predicted molar refractivity (Wildman–Crippen MR) is 112 cm³/mol. The second kappa shape index (κ2) is 11.9. The zero-order valence-corrected chi connectivity index (χ0v) is 18.8. The summed E-state index contributed by atoms with van der Waals surface area (Å²) >= 11 is 0. The standard InChI is InChI=1S/C17H34N4O3.HI/c1-7-17(8-2)13(11-14(17)24-6)20-16(18-9-10-23-5)19-12-15(22)21(3)4;/h13-14H,7-12H2,1-6H3,(H2,18,19,20);1H. The van der Waals surface area contributed by atoms with Gasteiger partial charge in [0.2, 0.25) is 5.91 Å². The molecular weight excluding hydrogens is 435 g/mol.